The van der Waals surface area contributed by atoms with E-state index in [9.17, 15) is 0 Å². The SMILES string of the molecule is CCN1CCC(NCc2cccnc2OC)CC1. The Balaban J connectivity index is 1.81. The van der Waals surface area contributed by atoms with Gasteiger partial charge in [-0.05, 0) is 38.5 Å². The minimum atomic E-state index is 0.623. The quantitative estimate of drug-likeness (QED) is 0.861. The van der Waals surface area contributed by atoms with Crippen molar-refractivity contribution in [3.05, 3.63) is 23.9 Å². The third kappa shape index (κ3) is 3.43. The second kappa shape index (κ2) is 6.71. The third-order valence-corrected chi connectivity index (χ3v) is 3.66. The summed E-state index contributed by atoms with van der Waals surface area (Å²) in [6.07, 6.45) is 4.23. The van der Waals surface area contributed by atoms with Crippen molar-refractivity contribution in [2.45, 2.75) is 32.4 Å². The van der Waals surface area contributed by atoms with E-state index in [2.05, 4.69) is 28.2 Å². The summed E-state index contributed by atoms with van der Waals surface area (Å²) in [6, 6.07) is 4.65. The monoisotopic (exact) mass is 249 g/mol. The van der Waals surface area contributed by atoms with E-state index < -0.39 is 0 Å². The predicted molar refractivity (Wildman–Crippen MR) is 72.8 cm³/mol. The highest BCUT2D eigenvalue weighted by atomic mass is 16.5. The lowest BCUT2D eigenvalue weighted by atomic mass is 10.0. The largest absolute Gasteiger partial charge is 0.481 e. The molecule has 0 aromatic carbocycles. The number of likely N-dealkylation sites (tertiary alicyclic amines) is 1. The first-order valence-electron chi connectivity index (χ1n) is 6.77. The summed E-state index contributed by atoms with van der Waals surface area (Å²) >= 11 is 0. The summed E-state index contributed by atoms with van der Waals surface area (Å²) < 4.78 is 5.26. The fourth-order valence-electron chi connectivity index (χ4n) is 2.45. The van der Waals surface area contributed by atoms with Crippen molar-refractivity contribution < 1.29 is 4.74 Å². The van der Waals surface area contributed by atoms with Crippen LogP contribution in [0.1, 0.15) is 25.3 Å². The zero-order chi connectivity index (χ0) is 12.8. The van der Waals surface area contributed by atoms with E-state index in [4.69, 9.17) is 4.74 Å². The van der Waals surface area contributed by atoms with Gasteiger partial charge in [0.2, 0.25) is 5.88 Å². The van der Waals surface area contributed by atoms with Crippen LogP contribution in [0.15, 0.2) is 18.3 Å². The van der Waals surface area contributed by atoms with Crippen molar-refractivity contribution in [3.8, 4) is 5.88 Å². The highest BCUT2D eigenvalue weighted by molar-refractivity contribution is 5.25. The lowest BCUT2D eigenvalue weighted by Crippen LogP contribution is -2.42. The molecule has 0 spiro atoms. The molecule has 1 N–H and O–H groups in total. The van der Waals surface area contributed by atoms with Crippen LogP contribution >= 0.6 is 0 Å². The maximum Gasteiger partial charge on any atom is 0.217 e. The molecule has 1 saturated heterocycles. The molecule has 0 radical (unpaired) electrons. The zero-order valence-corrected chi connectivity index (χ0v) is 11.4. The molecule has 4 nitrogen and oxygen atoms in total. The molecule has 1 aromatic rings. The summed E-state index contributed by atoms with van der Waals surface area (Å²) in [5.74, 6) is 0.732. The van der Waals surface area contributed by atoms with E-state index in [1.807, 2.05) is 6.07 Å². The van der Waals surface area contributed by atoms with Crippen LogP contribution in [-0.4, -0.2) is 42.7 Å². The summed E-state index contributed by atoms with van der Waals surface area (Å²) in [6.45, 7) is 6.65. The number of aromatic nitrogens is 1. The van der Waals surface area contributed by atoms with Crippen molar-refractivity contribution in [2.75, 3.05) is 26.7 Å². The van der Waals surface area contributed by atoms with Gasteiger partial charge < -0.3 is 15.0 Å². The van der Waals surface area contributed by atoms with E-state index in [1.54, 1.807) is 13.3 Å². The molecule has 18 heavy (non-hydrogen) atoms. The van der Waals surface area contributed by atoms with Crippen LogP contribution in [0.25, 0.3) is 0 Å². The number of ether oxygens (including phenoxy) is 1. The Hall–Kier alpha value is -1.13. The van der Waals surface area contributed by atoms with Crippen LogP contribution in [0.5, 0.6) is 5.88 Å². The van der Waals surface area contributed by atoms with Gasteiger partial charge in [-0.1, -0.05) is 13.0 Å². The molecule has 1 aliphatic heterocycles. The number of nitrogens with one attached hydrogen (secondary N) is 1. The standard InChI is InChI=1S/C14H23N3O/c1-3-17-9-6-13(7-10-17)16-11-12-5-4-8-15-14(12)18-2/h4-5,8,13,16H,3,6-7,9-11H2,1-2H3. The van der Waals surface area contributed by atoms with Gasteiger partial charge in [0.25, 0.3) is 0 Å². The minimum absolute atomic E-state index is 0.623. The van der Waals surface area contributed by atoms with Gasteiger partial charge in [-0.3, -0.25) is 0 Å². The number of nitrogens with zero attached hydrogens (tertiary/aromatic N) is 2. The predicted octanol–water partition coefficient (Wildman–Crippen LogP) is 1.66. The first-order valence-corrected chi connectivity index (χ1v) is 6.77. The normalized spacial score (nSPS) is 17.9. The van der Waals surface area contributed by atoms with Gasteiger partial charge in [0.15, 0.2) is 0 Å². The molecule has 2 heterocycles. The van der Waals surface area contributed by atoms with Crippen LogP contribution < -0.4 is 10.1 Å². The molecule has 0 atom stereocenters. The first kappa shape index (κ1) is 13.3. The van der Waals surface area contributed by atoms with E-state index >= 15 is 0 Å². The number of piperidine rings is 1. The van der Waals surface area contributed by atoms with Crippen LogP contribution in [0.3, 0.4) is 0 Å². The number of rotatable bonds is 5. The molecule has 1 fully saturated rings. The Labute approximate surface area is 109 Å². The molecule has 100 valence electrons. The highest BCUT2D eigenvalue weighted by Crippen LogP contribution is 2.15. The third-order valence-electron chi connectivity index (χ3n) is 3.66. The zero-order valence-electron chi connectivity index (χ0n) is 11.4. The number of hydrogen-bond acceptors (Lipinski definition) is 4. The van der Waals surface area contributed by atoms with Gasteiger partial charge in [0, 0.05) is 24.3 Å². The van der Waals surface area contributed by atoms with Crippen LogP contribution in [0.2, 0.25) is 0 Å². The van der Waals surface area contributed by atoms with Crippen LogP contribution in [-0.2, 0) is 6.54 Å². The summed E-state index contributed by atoms with van der Waals surface area (Å²) in [4.78, 5) is 6.72. The molecule has 4 heteroatoms. The molecule has 1 aromatic heterocycles. The molecule has 0 saturated carbocycles. The first-order chi connectivity index (χ1) is 8.83. The van der Waals surface area contributed by atoms with Crippen LogP contribution in [0.4, 0.5) is 0 Å². The Morgan fingerprint density at radius 1 is 1.44 bits per heavy atom. The van der Waals surface area contributed by atoms with Crippen molar-refractivity contribution in [1.82, 2.24) is 15.2 Å². The fraction of sp³-hybridized carbons (Fsp3) is 0.643. The Kier molecular flexibility index (Phi) is 4.96. The van der Waals surface area contributed by atoms with Gasteiger partial charge in [-0.25, -0.2) is 4.98 Å². The van der Waals surface area contributed by atoms with Gasteiger partial charge in [0.1, 0.15) is 0 Å². The number of hydrogen-bond donors (Lipinski definition) is 1. The van der Waals surface area contributed by atoms with Gasteiger partial charge in [0.05, 0.1) is 7.11 Å². The van der Waals surface area contributed by atoms with E-state index in [1.165, 1.54) is 32.5 Å². The van der Waals surface area contributed by atoms with E-state index in [0.29, 0.717) is 6.04 Å². The van der Waals surface area contributed by atoms with Gasteiger partial charge >= 0.3 is 0 Å². The van der Waals surface area contributed by atoms with Gasteiger partial charge in [-0.2, -0.15) is 0 Å². The fourth-order valence-corrected chi connectivity index (χ4v) is 2.45. The molecule has 0 unspecified atom stereocenters. The Morgan fingerprint density at radius 3 is 2.89 bits per heavy atom. The van der Waals surface area contributed by atoms with Gasteiger partial charge in [-0.15, -0.1) is 0 Å². The lowest BCUT2D eigenvalue weighted by molar-refractivity contribution is 0.205. The van der Waals surface area contributed by atoms with Crippen molar-refractivity contribution >= 4 is 0 Å². The average Bonchev–Trinajstić information content (AvgIpc) is 2.46. The number of methoxy groups -OCH3 is 1. The van der Waals surface area contributed by atoms with Crippen molar-refractivity contribution in [2.24, 2.45) is 0 Å². The summed E-state index contributed by atoms with van der Waals surface area (Å²) in [5.41, 5.74) is 1.14. The molecular weight excluding hydrogens is 226 g/mol. The molecule has 0 amide bonds. The summed E-state index contributed by atoms with van der Waals surface area (Å²) in [5, 5.41) is 3.61. The van der Waals surface area contributed by atoms with E-state index in [0.717, 1.165) is 18.0 Å². The topological polar surface area (TPSA) is 37.4 Å². The Morgan fingerprint density at radius 2 is 2.22 bits per heavy atom. The second-order valence-corrected chi connectivity index (χ2v) is 4.76. The second-order valence-electron chi connectivity index (χ2n) is 4.76. The maximum atomic E-state index is 5.26. The minimum Gasteiger partial charge on any atom is -0.481 e. The molecular formula is C14H23N3O. The molecule has 0 bridgehead atoms. The smallest absolute Gasteiger partial charge is 0.217 e. The maximum absolute atomic E-state index is 5.26. The average molecular weight is 249 g/mol. The van der Waals surface area contributed by atoms with Crippen LogP contribution in [0, 0.1) is 0 Å². The number of pyridine rings is 1. The lowest BCUT2D eigenvalue weighted by Gasteiger charge is -2.31. The summed E-state index contributed by atoms with van der Waals surface area (Å²) in [7, 11) is 1.67. The molecule has 1 aliphatic rings. The molecule has 2 rings (SSSR count). The van der Waals surface area contributed by atoms with Crippen molar-refractivity contribution in [3.63, 3.8) is 0 Å². The van der Waals surface area contributed by atoms with E-state index in [-0.39, 0.29) is 0 Å². The highest BCUT2D eigenvalue weighted by Gasteiger charge is 2.17. The Bertz CT molecular complexity index is 362. The molecule has 0 aliphatic carbocycles. The van der Waals surface area contributed by atoms with Crippen molar-refractivity contribution in [1.29, 1.82) is 0 Å².